The van der Waals surface area contributed by atoms with Crippen molar-refractivity contribution in [3.05, 3.63) is 59.9 Å². The second kappa shape index (κ2) is 7.86. The van der Waals surface area contributed by atoms with Gasteiger partial charge in [0.2, 0.25) is 5.72 Å². The van der Waals surface area contributed by atoms with Crippen LogP contribution in [0.1, 0.15) is 22.0 Å². The van der Waals surface area contributed by atoms with E-state index in [2.05, 4.69) is 15.0 Å². The molecule has 1 aromatic heterocycles. The summed E-state index contributed by atoms with van der Waals surface area (Å²) < 4.78 is 71.3. The fraction of sp³-hybridized carbons (Fsp3) is 0.278. The number of halogens is 5. The number of ether oxygens (including phenoxy) is 1. The summed E-state index contributed by atoms with van der Waals surface area (Å²) in [6.45, 7) is -3.32. The zero-order valence-corrected chi connectivity index (χ0v) is 14.9. The quantitative estimate of drug-likeness (QED) is 0.500. The number of nitrogens with zero attached hydrogens (tertiary/aromatic N) is 1. The number of alkyl halides is 5. The first-order valence-electron chi connectivity index (χ1n) is 8.40. The maximum Gasteiger partial charge on any atom is 0.437 e. The van der Waals surface area contributed by atoms with Crippen molar-refractivity contribution in [3.8, 4) is 5.75 Å². The Labute approximate surface area is 165 Å². The highest BCUT2D eigenvalue weighted by Crippen LogP contribution is 2.45. The number of ketones is 1. The molecule has 1 aliphatic heterocycles. The number of para-hydroxylation sites is 1. The van der Waals surface area contributed by atoms with Gasteiger partial charge in [-0.15, -0.1) is 0 Å². The van der Waals surface area contributed by atoms with E-state index < -0.39 is 48.0 Å². The summed E-state index contributed by atoms with van der Waals surface area (Å²) in [5.74, 6) is -4.18. The van der Waals surface area contributed by atoms with Gasteiger partial charge in [-0.05, 0) is 18.2 Å². The summed E-state index contributed by atoms with van der Waals surface area (Å²) in [5, 5.41) is 13.9. The third kappa shape index (κ3) is 3.90. The second-order valence-corrected chi connectivity index (χ2v) is 6.34. The number of nitrogens with one attached hydrogen (secondary N) is 2. The minimum atomic E-state index is -5.48. The van der Waals surface area contributed by atoms with Gasteiger partial charge < -0.3 is 20.5 Å². The van der Waals surface area contributed by atoms with Crippen LogP contribution < -0.4 is 15.4 Å². The molecule has 7 nitrogen and oxygen atoms in total. The molecule has 1 saturated heterocycles. The number of hydrogen-bond acceptors (Lipinski definition) is 5. The first kappa shape index (κ1) is 21.4. The summed E-state index contributed by atoms with van der Waals surface area (Å²) in [5.41, 5.74) is -4.64. The largest absolute Gasteiger partial charge is 0.437 e. The lowest BCUT2D eigenvalue weighted by Crippen LogP contribution is -2.72. The van der Waals surface area contributed by atoms with Gasteiger partial charge in [0, 0.05) is 23.5 Å². The molecule has 1 aliphatic rings. The van der Waals surface area contributed by atoms with E-state index in [1.165, 1.54) is 35.8 Å². The molecule has 3 N–H and O–H groups in total. The lowest BCUT2D eigenvalue weighted by molar-refractivity contribution is -0.287. The first-order chi connectivity index (χ1) is 14.0. The molecular weight excluding hydrogens is 417 g/mol. The first-order valence-corrected chi connectivity index (χ1v) is 8.40. The second-order valence-electron chi connectivity index (χ2n) is 6.34. The molecule has 0 aliphatic carbocycles. The van der Waals surface area contributed by atoms with Gasteiger partial charge >= 0.3 is 18.8 Å². The van der Waals surface area contributed by atoms with Gasteiger partial charge in [-0.1, -0.05) is 18.2 Å². The van der Waals surface area contributed by atoms with Crippen LogP contribution >= 0.6 is 0 Å². The smallest absolute Gasteiger partial charge is 0.434 e. The Bertz CT molecular complexity index is 941. The molecule has 0 saturated carbocycles. The number of amides is 2. The molecule has 3 atom stereocenters. The molecule has 0 radical (unpaired) electrons. The lowest BCUT2D eigenvalue weighted by atomic mass is 9.77. The van der Waals surface area contributed by atoms with Crippen LogP contribution in [0.5, 0.6) is 5.75 Å². The van der Waals surface area contributed by atoms with Crippen LogP contribution in [-0.2, 0) is 0 Å². The van der Waals surface area contributed by atoms with Gasteiger partial charge in [0.1, 0.15) is 11.7 Å². The Morgan fingerprint density at radius 3 is 2.50 bits per heavy atom. The number of aliphatic hydroxyl groups is 1. The predicted molar refractivity (Wildman–Crippen MR) is 90.5 cm³/mol. The number of carbonyl (C=O) groups is 2. The number of urea groups is 1. The number of Topliss-reactive ketones (excluding diaryl/α,β-unsaturated/α-hetero) is 1. The summed E-state index contributed by atoms with van der Waals surface area (Å²) in [7, 11) is 0. The van der Waals surface area contributed by atoms with Gasteiger partial charge in [-0.2, -0.15) is 22.0 Å². The van der Waals surface area contributed by atoms with Crippen LogP contribution in [0, 0.1) is 5.92 Å². The normalized spacial score (nSPS) is 24.2. The molecule has 1 fully saturated rings. The van der Waals surface area contributed by atoms with E-state index in [9.17, 15) is 36.6 Å². The van der Waals surface area contributed by atoms with E-state index in [1.54, 1.807) is 0 Å². The van der Waals surface area contributed by atoms with Gasteiger partial charge in [-0.3, -0.25) is 9.78 Å². The summed E-state index contributed by atoms with van der Waals surface area (Å²) in [6.07, 6.45) is -3.23. The Hall–Kier alpha value is -3.28. The van der Waals surface area contributed by atoms with Crippen molar-refractivity contribution in [2.24, 2.45) is 5.92 Å². The molecule has 2 amide bonds. The average molecular weight is 431 g/mol. The van der Waals surface area contributed by atoms with Crippen molar-refractivity contribution in [1.82, 2.24) is 15.6 Å². The highest BCUT2D eigenvalue weighted by Gasteiger charge is 2.66. The van der Waals surface area contributed by atoms with Crippen LogP contribution in [0.2, 0.25) is 0 Å². The van der Waals surface area contributed by atoms with Gasteiger partial charge in [-0.25, -0.2) is 4.79 Å². The van der Waals surface area contributed by atoms with Crippen molar-refractivity contribution >= 4 is 11.8 Å². The van der Waals surface area contributed by atoms with Crippen LogP contribution in [-0.4, -0.2) is 40.4 Å². The zero-order valence-electron chi connectivity index (χ0n) is 14.9. The number of carbonyl (C=O) groups excluding carboxylic acids is 2. The van der Waals surface area contributed by atoms with Crippen LogP contribution in [0.25, 0.3) is 0 Å². The monoisotopic (exact) mass is 431 g/mol. The van der Waals surface area contributed by atoms with Crippen molar-refractivity contribution in [3.63, 3.8) is 0 Å². The molecular formula is C18H14F5N3O4. The molecule has 2 aromatic rings. The minimum Gasteiger partial charge on any atom is -0.434 e. The van der Waals surface area contributed by atoms with E-state index in [0.717, 1.165) is 18.3 Å². The van der Waals surface area contributed by atoms with Gasteiger partial charge in [0.25, 0.3) is 0 Å². The molecule has 0 unspecified atom stereocenters. The Morgan fingerprint density at radius 2 is 1.90 bits per heavy atom. The van der Waals surface area contributed by atoms with E-state index in [4.69, 9.17) is 0 Å². The van der Waals surface area contributed by atoms with Crippen LogP contribution in [0.4, 0.5) is 26.7 Å². The van der Waals surface area contributed by atoms with E-state index in [1.807, 2.05) is 0 Å². The maximum atomic E-state index is 13.8. The lowest BCUT2D eigenvalue weighted by Gasteiger charge is -2.45. The number of pyridine rings is 1. The van der Waals surface area contributed by atoms with Crippen LogP contribution in [0.3, 0.4) is 0 Å². The SMILES string of the molecule is O=C1N[C@H](c2ccccc2OC(F)F)[C@H](C(=O)c2cccnc2)[C@](O)(C(F)(F)F)N1. The Kier molecular flexibility index (Phi) is 5.61. The van der Waals surface area contributed by atoms with Crippen molar-refractivity contribution < 1.29 is 41.4 Å². The topological polar surface area (TPSA) is 101 Å². The molecule has 3 rings (SSSR count). The summed E-state index contributed by atoms with van der Waals surface area (Å²) in [6, 6.07) is 3.86. The molecule has 30 heavy (non-hydrogen) atoms. The Balaban J connectivity index is 2.19. The number of aromatic nitrogens is 1. The highest BCUT2D eigenvalue weighted by atomic mass is 19.4. The molecule has 160 valence electrons. The van der Waals surface area contributed by atoms with E-state index >= 15 is 0 Å². The van der Waals surface area contributed by atoms with Gasteiger partial charge in [0.05, 0.1) is 6.04 Å². The predicted octanol–water partition coefficient (Wildman–Crippen LogP) is 2.79. The number of benzene rings is 1. The zero-order chi connectivity index (χ0) is 22.1. The molecule has 2 heterocycles. The molecule has 12 heteroatoms. The fourth-order valence-corrected chi connectivity index (χ4v) is 3.23. The highest BCUT2D eigenvalue weighted by molar-refractivity contribution is 6.00. The molecule has 0 spiro atoms. The number of rotatable bonds is 5. The summed E-state index contributed by atoms with van der Waals surface area (Å²) in [4.78, 5) is 28.6. The molecule has 0 bridgehead atoms. The van der Waals surface area contributed by atoms with Gasteiger partial charge in [0.15, 0.2) is 5.78 Å². The standard InChI is InChI=1S/C18H14F5N3O4/c19-15(20)30-11-6-2-1-5-10(11)13-12(14(27)9-4-3-7-24-8-9)17(29,18(21,22)23)26-16(28)25-13/h1-8,12-13,15,29H,(H2,25,26,28)/t12-,13-,17+/m1/s1. The van der Waals surface area contributed by atoms with Crippen LogP contribution in [0.15, 0.2) is 48.8 Å². The molecule has 1 aromatic carbocycles. The number of hydrogen-bond donors (Lipinski definition) is 3. The third-order valence-electron chi connectivity index (χ3n) is 4.50. The third-order valence-corrected chi connectivity index (χ3v) is 4.50. The summed E-state index contributed by atoms with van der Waals surface area (Å²) >= 11 is 0. The van der Waals surface area contributed by atoms with Crippen molar-refractivity contribution in [2.45, 2.75) is 24.6 Å². The van der Waals surface area contributed by atoms with E-state index in [-0.39, 0.29) is 11.1 Å². The minimum absolute atomic E-state index is 0.291. The van der Waals surface area contributed by atoms with E-state index in [0.29, 0.717) is 0 Å². The Morgan fingerprint density at radius 1 is 1.20 bits per heavy atom. The van der Waals surface area contributed by atoms with Crippen molar-refractivity contribution in [1.29, 1.82) is 0 Å². The average Bonchev–Trinajstić information content (AvgIpc) is 2.67. The fourth-order valence-electron chi connectivity index (χ4n) is 3.23. The maximum absolute atomic E-state index is 13.8. The van der Waals surface area contributed by atoms with Crippen molar-refractivity contribution in [2.75, 3.05) is 0 Å².